The second-order valence-corrected chi connectivity index (χ2v) is 5.94. The van der Waals surface area contributed by atoms with Crippen LogP contribution in [0.15, 0.2) is 24.3 Å². The highest BCUT2D eigenvalue weighted by Crippen LogP contribution is 2.26. The minimum Gasteiger partial charge on any atom is -0.386 e. The van der Waals surface area contributed by atoms with Crippen LogP contribution in [-0.2, 0) is 4.79 Å². The number of benzene rings is 1. The van der Waals surface area contributed by atoms with E-state index in [9.17, 15) is 23.1 Å². The number of alkyl halides is 3. The van der Waals surface area contributed by atoms with E-state index in [2.05, 4.69) is 10.2 Å². The third kappa shape index (κ3) is 4.26. The van der Waals surface area contributed by atoms with Gasteiger partial charge in [0.15, 0.2) is 0 Å². The zero-order valence-corrected chi connectivity index (χ0v) is 12.9. The Hall–Kier alpha value is -2.00. The molecule has 5 nitrogen and oxygen atoms in total. The molecule has 9 heteroatoms. The first kappa shape index (κ1) is 17.4. The molecule has 1 amide bonds. The summed E-state index contributed by atoms with van der Waals surface area (Å²) in [5.74, 6) is -1.62. The summed E-state index contributed by atoms with van der Waals surface area (Å²) in [4.78, 5) is 10.9. The molecule has 2 rings (SSSR count). The average Bonchev–Trinajstić information content (AvgIpc) is 2.98. The average molecular weight is 345 g/mol. The van der Waals surface area contributed by atoms with Gasteiger partial charge in [0.1, 0.15) is 22.8 Å². The monoisotopic (exact) mass is 345 g/mol. The number of carbonyl (C=O) groups excluding carboxylic acids is 1. The fraction of sp³-hybridized carbons (Fsp3) is 0.357. The highest BCUT2D eigenvalue weighted by Gasteiger charge is 2.26. The summed E-state index contributed by atoms with van der Waals surface area (Å²) < 4.78 is 37.3. The highest BCUT2D eigenvalue weighted by atomic mass is 32.1. The molecule has 1 aromatic heterocycles. The van der Waals surface area contributed by atoms with Crippen molar-refractivity contribution in [2.24, 2.45) is 0 Å². The summed E-state index contributed by atoms with van der Waals surface area (Å²) in [5.41, 5.74) is 1.06. The van der Waals surface area contributed by atoms with Crippen LogP contribution in [-0.4, -0.2) is 40.4 Å². The number of aliphatic hydroxyl groups is 1. The van der Waals surface area contributed by atoms with E-state index >= 15 is 0 Å². The Morgan fingerprint density at radius 3 is 2.43 bits per heavy atom. The van der Waals surface area contributed by atoms with Crippen molar-refractivity contribution < 1.29 is 23.1 Å². The smallest absolute Gasteiger partial charge is 0.315 e. The van der Waals surface area contributed by atoms with E-state index in [0.29, 0.717) is 10.6 Å². The van der Waals surface area contributed by atoms with Gasteiger partial charge in [0, 0.05) is 5.56 Å². The third-order valence-corrected chi connectivity index (χ3v) is 3.99. The van der Waals surface area contributed by atoms with Crippen molar-refractivity contribution in [1.82, 2.24) is 15.5 Å². The van der Waals surface area contributed by atoms with Gasteiger partial charge >= 0.3 is 6.43 Å². The highest BCUT2D eigenvalue weighted by molar-refractivity contribution is 7.14. The molecule has 0 aliphatic heterocycles. The van der Waals surface area contributed by atoms with Crippen LogP contribution in [0.2, 0.25) is 0 Å². The molecule has 0 spiro atoms. The van der Waals surface area contributed by atoms with E-state index in [-0.39, 0.29) is 0 Å². The molecule has 0 unspecified atom stereocenters. The molecule has 0 aliphatic carbocycles. The lowest BCUT2D eigenvalue weighted by molar-refractivity contribution is -0.133. The van der Waals surface area contributed by atoms with Crippen molar-refractivity contribution >= 4 is 17.2 Å². The van der Waals surface area contributed by atoms with E-state index in [4.69, 9.17) is 0 Å². The van der Waals surface area contributed by atoms with Crippen molar-refractivity contribution in [2.45, 2.75) is 25.5 Å². The molecule has 0 saturated heterocycles. The summed E-state index contributed by atoms with van der Waals surface area (Å²) in [6.45, 7) is 0.647. The van der Waals surface area contributed by atoms with Crippen LogP contribution in [0.5, 0.6) is 0 Å². The molecule has 23 heavy (non-hydrogen) atoms. The Kier molecular flexibility index (Phi) is 5.67. The summed E-state index contributed by atoms with van der Waals surface area (Å²) in [7, 11) is 0. The lowest BCUT2D eigenvalue weighted by atomic mass is 10.0. The lowest BCUT2D eigenvalue weighted by Crippen LogP contribution is -2.43. The van der Waals surface area contributed by atoms with Crippen LogP contribution >= 0.6 is 11.3 Å². The number of carbonyl (C=O) groups is 1. The van der Waals surface area contributed by atoms with Gasteiger partial charge < -0.3 is 10.4 Å². The maximum atomic E-state index is 12.9. The summed E-state index contributed by atoms with van der Waals surface area (Å²) in [6, 6.07) is 4.92. The Labute approximate surface area is 134 Å². The van der Waals surface area contributed by atoms with Crippen molar-refractivity contribution in [2.75, 3.05) is 6.67 Å². The molecule has 0 bridgehead atoms. The molecule has 124 valence electrons. The number of nitrogens with one attached hydrogen (secondary N) is 1. The van der Waals surface area contributed by atoms with Gasteiger partial charge in [0.05, 0.1) is 6.04 Å². The van der Waals surface area contributed by atoms with E-state index in [1.54, 1.807) is 17.4 Å². The molecule has 2 N–H and O–H groups in total. The van der Waals surface area contributed by atoms with Crippen LogP contribution in [0, 0.1) is 6.92 Å². The second-order valence-electron chi connectivity index (χ2n) is 4.76. The third-order valence-electron chi connectivity index (χ3n) is 3.10. The lowest BCUT2D eigenvalue weighted by Gasteiger charge is -2.21. The number of hydrogen-bond donors (Lipinski definition) is 2. The SMILES string of the molecule is Cc1nnc(-c2ccc([C@@H](O)[C@@H](CF)NC(=O)C(F)F)cc2)s1. The van der Waals surface area contributed by atoms with Crippen LogP contribution in [0.4, 0.5) is 13.2 Å². The van der Waals surface area contributed by atoms with E-state index in [0.717, 1.165) is 10.6 Å². The molecular weight excluding hydrogens is 331 g/mol. The minimum atomic E-state index is -3.26. The minimum absolute atomic E-state index is 0.298. The molecule has 0 saturated carbocycles. The van der Waals surface area contributed by atoms with Crippen LogP contribution in [0.1, 0.15) is 16.7 Å². The molecule has 1 aromatic carbocycles. The normalized spacial score (nSPS) is 13.8. The number of nitrogens with zero attached hydrogens (tertiary/aromatic N) is 2. The predicted molar refractivity (Wildman–Crippen MR) is 79.0 cm³/mol. The van der Waals surface area contributed by atoms with Crippen LogP contribution in [0.3, 0.4) is 0 Å². The van der Waals surface area contributed by atoms with Gasteiger partial charge in [-0.2, -0.15) is 8.78 Å². The Bertz CT molecular complexity index is 664. The quantitative estimate of drug-likeness (QED) is 0.842. The largest absolute Gasteiger partial charge is 0.386 e. The van der Waals surface area contributed by atoms with Crippen LogP contribution < -0.4 is 5.32 Å². The fourth-order valence-electron chi connectivity index (χ4n) is 1.92. The van der Waals surface area contributed by atoms with Gasteiger partial charge in [0.2, 0.25) is 0 Å². The number of amides is 1. The fourth-order valence-corrected chi connectivity index (χ4v) is 2.61. The number of aromatic nitrogens is 2. The van der Waals surface area contributed by atoms with Crippen molar-refractivity contribution in [3.63, 3.8) is 0 Å². The van der Waals surface area contributed by atoms with Gasteiger partial charge in [-0.15, -0.1) is 10.2 Å². The van der Waals surface area contributed by atoms with E-state index in [1.165, 1.54) is 23.5 Å². The number of aryl methyl sites for hydroxylation is 1. The summed E-state index contributed by atoms with van der Waals surface area (Å²) in [6.07, 6.45) is -4.70. The zero-order valence-electron chi connectivity index (χ0n) is 12.0. The number of aliphatic hydroxyl groups excluding tert-OH is 1. The van der Waals surface area contributed by atoms with Crippen molar-refractivity contribution in [3.8, 4) is 10.6 Å². The topological polar surface area (TPSA) is 75.1 Å². The van der Waals surface area contributed by atoms with Gasteiger partial charge in [-0.1, -0.05) is 35.6 Å². The van der Waals surface area contributed by atoms with Gasteiger partial charge in [-0.3, -0.25) is 4.79 Å². The van der Waals surface area contributed by atoms with Crippen LogP contribution in [0.25, 0.3) is 10.6 Å². The first-order chi connectivity index (χ1) is 10.9. The van der Waals surface area contributed by atoms with Gasteiger partial charge in [0.25, 0.3) is 5.91 Å². The maximum Gasteiger partial charge on any atom is 0.315 e. The molecule has 2 aromatic rings. The number of halogens is 3. The van der Waals surface area contributed by atoms with Gasteiger partial charge in [-0.25, -0.2) is 4.39 Å². The molecule has 2 atom stereocenters. The maximum absolute atomic E-state index is 12.9. The summed E-state index contributed by atoms with van der Waals surface area (Å²) in [5, 5.41) is 21.2. The van der Waals surface area contributed by atoms with Crippen molar-refractivity contribution in [1.29, 1.82) is 0 Å². The van der Waals surface area contributed by atoms with E-state index < -0.39 is 31.2 Å². The molecular formula is C14H14F3N3O2S. The Morgan fingerprint density at radius 2 is 1.96 bits per heavy atom. The molecule has 0 fully saturated rings. The molecule has 0 aliphatic rings. The number of hydrogen-bond acceptors (Lipinski definition) is 5. The number of rotatable bonds is 6. The standard InChI is InChI=1S/C14H14F3N3O2S/c1-7-19-20-14(23-7)9-4-2-8(3-5-9)11(21)10(6-15)18-13(22)12(16)17/h2-5,10-12,21H,6H2,1H3,(H,18,22)/t10-,11-/m1/s1. The molecule has 1 heterocycles. The first-order valence-electron chi connectivity index (χ1n) is 6.65. The Morgan fingerprint density at radius 1 is 1.30 bits per heavy atom. The predicted octanol–water partition coefficient (Wildman–Crippen LogP) is 2.27. The van der Waals surface area contributed by atoms with E-state index in [1.807, 2.05) is 6.92 Å². The second kappa shape index (κ2) is 7.51. The summed E-state index contributed by atoms with van der Waals surface area (Å²) >= 11 is 1.39. The Balaban J connectivity index is 2.12. The zero-order chi connectivity index (χ0) is 17.0. The van der Waals surface area contributed by atoms with Gasteiger partial charge in [-0.05, 0) is 12.5 Å². The van der Waals surface area contributed by atoms with Crippen molar-refractivity contribution in [3.05, 3.63) is 34.8 Å². The first-order valence-corrected chi connectivity index (χ1v) is 7.47. The molecule has 0 radical (unpaired) electrons.